The number of hydrogen-bond acceptors (Lipinski definition) is 4. The summed E-state index contributed by atoms with van der Waals surface area (Å²) in [5.41, 5.74) is 2.73. The third-order valence-electron chi connectivity index (χ3n) is 4.98. The van der Waals surface area contributed by atoms with E-state index in [1.807, 2.05) is 18.7 Å². The molecule has 1 fully saturated rings. The van der Waals surface area contributed by atoms with Crippen molar-refractivity contribution in [2.45, 2.75) is 40.0 Å². The number of anilines is 1. The summed E-state index contributed by atoms with van der Waals surface area (Å²) in [7, 11) is 0. The summed E-state index contributed by atoms with van der Waals surface area (Å²) in [6, 6.07) is 5.76. The molecule has 1 aromatic carbocycles. The van der Waals surface area contributed by atoms with E-state index in [4.69, 9.17) is 4.98 Å². The van der Waals surface area contributed by atoms with Gasteiger partial charge >= 0.3 is 0 Å². The fraction of sp³-hybridized carbons (Fsp3) is 0.476. The molecule has 0 spiro atoms. The number of aryl methyl sites for hydroxylation is 2. The Morgan fingerprint density at radius 3 is 2.41 bits per heavy atom. The number of carbonyl (C=O) groups is 1. The number of halogens is 1. The van der Waals surface area contributed by atoms with Gasteiger partial charge in [-0.15, -0.1) is 0 Å². The first-order chi connectivity index (χ1) is 12.9. The molecule has 0 atom stereocenters. The lowest BCUT2D eigenvalue weighted by Gasteiger charge is -2.27. The number of carbonyl (C=O) groups excluding carboxylic acids is 1. The van der Waals surface area contributed by atoms with Crippen molar-refractivity contribution in [3.63, 3.8) is 0 Å². The maximum absolute atomic E-state index is 13.1. The minimum absolute atomic E-state index is 0.0454. The number of rotatable bonds is 3. The van der Waals surface area contributed by atoms with Gasteiger partial charge in [0.2, 0.25) is 0 Å². The first kappa shape index (κ1) is 19.3. The van der Waals surface area contributed by atoms with Crippen molar-refractivity contribution in [1.82, 2.24) is 14.9 Å². The molecule has 2 heterocycles. The van der Waals surface area contributed by atoms with Crippen molar-refractivity contribution >= 4 is 11.7 Å². The van der Waals surface area contributed by atoms with E-state index in [0.717, 1.165) is 36.8 Å². The molecule has 1 aliphatic heterocycles. The Labute approximate surface area is 160 Å². The number of aromatic nitrogens is 2. The van der Waals surface area contributed by atoms with Crippen LogP contribution in [0.5, 0.6) is 0 Å². The molecule has 6 heteroatoms. The zero-order chi connectivity index (χ0) is 19.6. The quantitative estimate of drug-likeness (QED) is 0.826. The maximum Gasteiger partial charge on any atom is 0.253 e. The van der Waals surface area contributed by atoms with Crippen molar-refractivity contribution in [3.05, 3.63) is 52.7 Å². The highest BCUT2D eigenvalue weighted by atomic mass is 19.1. The van der Waals surface area contributed by atoms with E-state index in [9.17, 15) is 9.18 Å². The van der Waals surface area contributed by atoms with Gasteiger partial charge in [-0.2, -0.15) is 0 Å². The van der Waals surface area contributed by atoms with Gasteiger partial charge in [0.15, 0.2) is 0 Å². The zero-order valence-electron chi connectivity index (χ0n) is 16.5. The lowest BCUT2D eigenvalue weighted by molar-refractivity contribution is 0.0767. The fourth-order valence-electron chi connectivity index (χ4n) is 3.73. The van der Waals surface area contributed by atoms with Crippen molar-refractivity contribution in [2.24, 2.45) is 0 Å². The van der Waals surface area contributed by atoms with Crippen molar-refractivity contribution < 1.29 is 9.18 Å². The van der Waals surface area contributed by atoms with Crippen LogP contribution in [0.3, 0.4) is 0 Å². The molecule has 0 bridgehead atoms. The lowest BCUT2D eigenvalue weighted by atomic mass is 10.0. The van der Waals surface area contributed by atoms with Crippen LogP contribution in [-0.2, 0) is 0 Å². The average molecular weight is 370 g/mol. The van der Waals surface area contributed by atoms with Gasteiger partial charge in [-0.1, -0.05) is 13.8 Å². The van der Waals surface area contributed by atoms with E-state index < -0.39 is 0 Å². The number of nitrogens with zero attached hydrogens (tertiary/aromatic N) is 4. The Bertz CT molecular complexity index is 820. The first-order valence-corrected chi connectivity index (χ1v) is 9.51. The van der Waals surface area contributed by atoms with Crippen molar-refractivity contribution in [1.29, 1.82) is 0 Å². The molecule has 5 nitrogen and oxygen atoms in total. The molecule has 27 heavy (non-hydrogen) atoms. The van der Waals surface area contributed by atoms with Crippen LogP contribution in [0.15, 0.2) is 24.3 Å². The minimum atomic E-state index is -0.329. The second-order valence-corrected chi connectivity index (χ2v) is 7.39. The van der Waals surface area contributed by atoms with Crippen LogP contribution in [0.4, 0.5) is 10.2 Å². The van der Waals surface area contributed by atoms with Gasteiger partial charge in [-0.05, 0) is 50.5 Å². The van der Waals surface area contributed by atoms with Crippen molar-refractivity contribution in [3.8, 4) is 0 Å². The molecular formula is C21H27FN4O. The average Bonchev–Trinajstić information content (AvgIpc) is 2.86. The molecule has 0 unspecified atom stereocenters. The van der Waals surface area contributed by atoms with E-state index in [1.54, 1.807) is 12.1 Å². The van der Waals surface area contributed by atoms with Crippen LogP contribution in [0.1, 0.15) is 53.6 Å². The third kappa shape index (κ3) is 4.26. The Morgan fingerprint density at radius 2 is 1.74 bits per heavy atom. The summed E-state index contributed by atoms with van der Waals surface area (Å²) in [5, 5.41) is 0. The lowest BCUT2D eigenvalue weighted by Crippen LogP contribution is -2.35. The second kappa shape index (κ2) is 8.03. The number of hydrogen-bond donors (Lipinski definition) is 0. The summed E-state index contributed by atoms with van der Waals surface area (Å²) in [6.45, 7) is 11.2. The topological polar surface area (TPSA) is 49.3 Å². The Hall–Kier alpha value is -2.50. The summed E-state index contributed by atoms with van der Waals surface area (Å²) in [5.74, 6) is 1.72. The molecule has 0 radical (unpaired) electrons. The van der Waals surface area contributed by atoms with E-state index in [2.05, 4.69) is 23.7 Å². The first-order valence-electron chi connectivity index (χ1n) is 9.51. The van der Waals surface area contributed by atoms with Gasteiger partial charge in [0, 0.05) is 43.0 Å². The normalized spacial score (nSPS) is 15.2. The second-order valence-electron chi connectivity index (χ2n) is 7.39. The van der Waals surface area contributed by atoms with E-state index in [1.165, 1.54) is 17.7 Å². The molecule has 0 aliphatic carbocycles. The molecule has 2 aromatic rings. The summed E-state index contributed by atoms with van der Waals surface area (Å²) < 4.78 is 13.1. The monoisotopic (exact) mass is 370 g/mol. The van der Waals surface area contributed by atoms with Gasteiger partial charge in [0.05, 0.1) is 0 Å². The standard InChI is InChI=1S/C21H27FN4O/c1-14(2)19-15(3)23-16(4)24-20(19)25-10-5-11-26(13-12-25)21(27)17-6-8-18(22)9-7-17/h6-9,14H,5,10-13H2,1-4H3. The molecule has 3 rings (SSSR count). The number of amides is 1. The Morgan fingerprint density at radius 1 is 1.04 bits per heavy atom. The summed E-state index contributed by atoms with van der Waals surface area (Å²) >= 11 is 0. The maximum atomic E-state index is 13.1. The van der Waals surface area contributed by atoms with Gasteiger partial charge < -0.3 is 9.80 Å². The Kier molecular flexibility index (Phi) is 5.73. The summed E-state index contributed by atoms with van der Waals surface area (Å²) in [4.78, 5) is 26.1. The van der Waals surface area contributed by atoms with Crippen LogP contribution in [0.2, 0.25) is 0 Å². The smallest absolute Gasteiger partial charge is 0.253 e. The number of benzene rings is 1. The van der Waals surface area contributed by atoms with E-state index >= 15 is 0 Å². The van der Waals surface area contributed by atoms with Gasteiger partial charge in [-0.3, -0.25) is 4.79 Å². The predicted molar refractivity (Wildman–Crippen MR) is 105 cm³/mol. The highest BCUT2D eigenvalue weighted by molar-refractivity contribution is 5.94. The van der Waals surface area contributed by atoms with Crippen LogP contribution in [0, 0.1) is 19.7 Å². The summed E-state index contributed by atoms with van der Waals surface area (Å²) in [6.07, 6.45) is 0.868. The molecule has 1 aliphatic rings. The van der Waals surface area contributed by atoms with E-state index in [0.29, 0.717) is 24.6 Å². The van der Waals surface area contributed by atoms with Gasteiger partial charge in [0.1, 0.15) is 17.5 Å². The van der Waals surface area contributed by atoms with Crippen LogP contribution in [-0.4, -0.2) is 47.0 Å². The Balaban J connectivity index is 1.79. The molecular weight excluding hydrogens is 343 g/mol. The van der Waals surface area contributed by atoms with Crippen LogP contribution < -0.4 is 4.90 Å². The fourth-order valence-corrected chi connectivity index (χ4v) is 3.73. The SMILES string of the molecule is Cc1nc(C)c(C(C)C)c(N2CCCN(C(=O)c3ccc(F)cc3)CC2)n1. The highest BCUT2D eigenvalue weighted by Crippen LogP contribution is 2.29. The van der Waals surface area contributed by atoms with Crippen LogP contribution >= 0.6 is 0 Å². The molecule has 1 amide bonds. The third-order valence-corrected chi connectivity index (χ3v) is 4.98. The predicted octanol–water partition coefficient (Wildman–Crippen LogP) is 3.71. The molecule has 144 valence electrons. The largest absolute Gasteiger partial charge is 0.354 e. The molecule has 0 N–H and O–H groups in total. The zero-order valence-corrected chi connectivity index (χ0v) is 16.5. The van der Waals surface area contributed by atoms with Gasteiger partial charge in [-0.25, -0.2) is 14.4 Å². The highest BCUT2D eigenvalue weighted by Gasteiger charge is 2.24. The molecule has 1 saturated heterocycles. The van der Waals surface area contributed by atoms with E-state index in [-0.39, 0.29) is 11.7 Å². The van der Waals surface area contributed by atoms with Gasteiger partial charge in [0.25, 0.3) is 5.91 Å². The molecule has 0 saturated carbocycles. The molecule has 1 aromatic heterocycles. The van der Waals surface area contributed by atoms with Crippen LogP contribution in [0.25, 0.3) is 0 Å². The minimum Gasteiger partial charge on any atom is -0.354 e. The van der Waals surface area contributed by atoms with Crippen molar-refractivity contribution in [2.75, 3.05) is 31.1 Å².